The lowest BCUT2D eigenvalue weighted by Gasteiger charge is -2.28. The Kier molecular flexibility index (Phi) is 4.72. The second kappa shape index (κ2) is 5.40. The maximum atomic E-state index is 5.97. The lowest BCUT2D eigenvalue weighted by molar-refractivity contribution is 0.470. The molecule has 0 amide bonds. The Morgan fingerprint density at radius 3 is 2.40 bits per heavy atom. The van der Waals surface area contributed by atoms with Crippen LogP contribution >= 0.6 is 34.8 Å². The highest BCUT2D eigenvalue weighted by molar-refractivity contribution is 6.42. The maximum absolute atomic E-state index is 5.97. The molecule has 15 heavy (non-hydrogen) atoms. The molecular weight excluding hydrogens is 252 g/mol. The number of alkyl halides is 1. The molecule has 0 heterocycles. The van der Waals surface area contributed by atoms with Crippen molar-refractivity contribution in [3.05, 3.63) is 33.8 Å². The van der Waals surface area contributed by atoms with Crippen LogP contribution in [0, 0.1) is 0 Å². The van der Waals surface area contributed by atoms with Crippen molar-refractivity contribution >= 4 is 34.8 Å². The predicted octanol–water partition coefficient (Wildman–Crippen LogP) is 3.84. The molecule has 0 aliphatic rings. The van der Waals surface area contributed by atoms with Crippen LogP contribution in [0.1, 0.15) is 18.9 Å². The van der Waals surface area contributed by atoms with Crippen molar-refractivity contribution in [2.24, 2.45) is 5.73 Å². The van der Waals surface area contributed by atoms with E-state index in [1.807, 2.05) is 12.1 Å². The Labute approximate surface area is 106 Å². The molecule has 1 atom stereocenters. The Morgan fingerprint density at radius 2 is 1.93 bits per heavy atom. The van der Waals surface area contributed by atoms with E-state index in [4.69, 9.17) is 40.5 Å². The van der Waals surface area contributed by atoms with E-state index in [-0.39, 0.29) is 5.41 Å². The number of rotatable bonds is 4. The van der Waals surface area contributed by atoms with E-state index >= 15 is 0 Å². The molecule has 0 aromatic heterocycles. The Balaban J connectivity index is 3.07. The third-order valence-electron chi connectivity index (χ3n) is 2.71. The summed E-state index contributed by atoms with van der Waals surface area (Å²) in [5, 5.41) is 1.12. The Bertz CT molecular complexity index is 341. The highest BCUT2D eigenvalue weighted by Crippen LogP contribution is 2.31. The minimum atomic E-state index is -0.129. The standard InChI is InChI=1S/C11H14Cl3N/c1-11(7-15,4-5-12)8-2-3-9(13)10(14)6-8/h2-3,6H,4-5,7,15H2,1H3/t11-/m1/s1. The summed E-state index contributed by atoms with van der Waals surface area (Å²) in [6, 6.07) is 5.61. The molecule has 1 aromatic carbocycles. The number of halogens is 3. The Hall–Kier alpha value is 0.0500. The molecule has 0 saturated heterocycles. The molecule has 0 fully saturated rings. The van der Waals surface area contributed by atoms with Crippen LogP contribution in [0.3, 0.4) is 0 Å². The van der Waals surface area contributed by atoms with Gasteiger partial charge in [0.2, 0.25) is 0 Å². The molecule has 0 saturated carbocycles. The highest BCUT2D eigenvalue weighted by Gasteiger charge is 2.24. The van der Waals surface area contributed by atoms with Crippen molar-refractivity contribution in [1.29, 1.82) is 0 Å². The van der Waals surface area contributed by atoms with Crippen LogP contribution in [0.5, 0.6) is 0 Å². The van der Waals surface area contributed by atoms with Gasteiger partial charge in [-0.15, -0.1) is 11.6 Å². The van der Waals surface area contributed by atoms with E-state index < -0.39 is 0 Å². The second-order valence-electron chi connectivity index (χ2n) is 3.83. The summed E-state index contributed by atoms with van der Waals surface area (Å²) in [5.74, 6) is 0.577. The SMILES string of the molecule is C[C@](CN)(CCCl)c1ccc(Cl)c(Cl)c1. The fourth-order valence-electron chi connectivity index (χ4n) is 1.44. The molecule has 0 bridgehead atoms. The summed E-state index contributed by atoms with van der Waals surface area (Å²) < 4.78 is 0. The van der Waals surface area contributed by atoms with Gasteiger partial charge in [-0.25, -0.2) is 0 Å². The van der Waals surface area contributed by atoms with E-state index in [9.17, 15) is 0 Å². The first-order valence-electron chi connectivity index (χ1n) is 4.75. The van der Waals surface area contributed by atoms with Gasteiger partial charge in [0.1, 0.15) is 0 Å². The predicted molar refractivity (Wildman–Crippen MR) is 68.2 cm³/mol. The van der Waals surface area contributed by atoms with E-state index in [0.717, 1.165) is 12.0 Å². The molecule has 4 heteroatoms. The van der Waals surface area contributed by atoms with Gasteiger partial charge in [-0.2, -0.15) is 0 Å². The second-order valence-corrected chi connectivity index (χ2v) is 5.03. The highest BCUT2D eigenvalue weighted by atomic mass is 35.5. The van der Waals surface area contributed by atoms with Crippen molar-refractivity contribution in [3.63, 3.8) is 0 Å². The molecule has 1 rings (SSSR count). The topological polar surface area (TPSA) is 26.0 Å². The fraction of sp³-hybridized carbons (Fsp3) is 0.455. The molecule has 84 valence electrons. The maximum Gasteiger partial charge on any atom is 0.0595 e. The van der Waals surface area contributed by atoms with Gasteiger partial charge in [0.25, 0.3) is 0 Å². The van der Waals surface area contributed by atoms with Gasteiger partial charge in [0, 0.05) is 17.8 Å². The van der Waals surface area contributed by atoms with Crippen molar-refractivity contribution in [3.8, 4) is 0 Å². The molecule has 0 aliphatic heterocycles. The van der Waals surface area contributed by atoms with E-state index in [0.29, 0.717) is 22.5 Å². The summed E-state index contributed by atoms with van der Waals surface area (Å²) in [6.45, 7) is 2.62. The van der Waals surface area contributed by atoms with Crippen molar-refractivity contribution in [2.45, 2.75) is 18.8 Å². The molecule has 0 aliphatic carbocycles. The number of nitrogens with two attached hydrogens (primary N) is 1. The average Bonchev–Trinajstić information content (AvgIpc) is 2.22. The minimum Gasteiger partial charge on any atom is -0.330 e. The Morgan fingerprint density at radius 1 is 1.27 bits per heavy atom. The third-order valence-corrected chi connectivity index (χ3v) is 3.64. The number of hydrogen-bond acceptors (Lipinski definition) is 1. The van der Waals surface area contributed by atoms with Crippen molar-refractivity contribution < 1.29 is 0 Å². The van der Waals surface area contributed by atoms with Gasteiger partial charge in [0.05, 0.1) is 10.0 Å². The van der Waals surface area contributed by atoms with Gasteiger partial charge in [-0.05, 0) is 24.1 Å². The smallest absolute Gasteiger partial charge is 0.0595 e. The molecular formula is C11H14Cl3N. The van der Waals surface area contributed by atoms with Crippen LogP contribution in [0.4, 0.5) is 0 Å². The molecule has 2 N–H and O–H groups in total. The zero-order valence-electron chi connectivity index (χ0n) is 8.56. The summed E-state index contributed by atoms with van der Waals surface area (Å²) in [7, 11) is 0. The first-order chi connectivity index (χ1) is 7.03. The first-order valence-corrected chi connectivity index (χ1v) is 6.04. The van der Waals surface area contributed by atoms with Crippen LogP contribution in [0.2, 0.25) is 10.0 Å². The van der Waals surface area contributed by atoms with Gasteiger partial charge < -0.3 is 5.73 Å². The largest absolute Gasteiger partial charge is 0.330 e. The quantitative estimate of drug-likeness (QED) is 0.823. The van der Waals surface area contributed by atoms with Crippen molar-refractivity contribution in [2.75, 3.05) is 12.4 Å². The molecule has 1 nitrogen and oxygen atoms in total. The fourth-order valence-corrected chi connectivity index (χ4v) is 2.16. The van der Waals surface area contributed by atoms with Gasteiger partial charge in [0.15, 0.2) is 0 Å². The normalized spacial score (nSPS) is 15.0. The first kappa shape index (κ1) is 13.1. The lowest BCUT2D eigenvalue weighted by Crippen LogP contribution is -2.32. The van der Waals surface area contributed by atoms with Crippen LogP contribution in [-0.2, 0) is 5.41 Å². The van der Waals surface area contributed by atoms with E-state index in [1.54, 1.807) is 6.07 Å². The molecule has 0 unspecified atom stereocenters. The summed E-state index contributed by atoms with van der Waals surface area (Å²) >= 11 is 17.6. The average molecular weight is 267 g/mol. The monoisotopic (exact) mass is 265 g/mol. The van der Waals surface area contributed by atoms with Gasteiger partial charge >= 0.3 is 0 Å². The molecule has 0 spiro atoms. The number of benzene rings is 1. The molecule has 0 radical (unpaired) electrons. The van der Waals surface area contributed by atoms with Crippen LogP contribution in [0.15, 0.2) is 18.2 Å². The number of hydrogen-bond donors (Lipinski definition) is 1. The van der Waals surface area contributed by atoms with Gasteiger partial charge in [-0.3, -0.25) is 0 Å². The zero-order chi connectivity index (χ0) is 11.5. The van der Waals surface area contributed by atoms with Crippen LogP contribution in [0.25, 0.3) is 0 Å². The van der Waals surface area contributed by atoms with Crippen LogP contribution < -0.4 is 5.73 Å². The minimum absolute atomic E-state index is 0.129. The lowest BCUT2D eigenvalue weighted by atomic mass is 9.80. The van der Waals surface area contributed by atoms with Gasteiger partial charge in [-0.1, -0.05) is 36.2 Å². The summed E-state index contributed by atoms with van der Waals surface area (Å²) in [6.07, 6.45) is 0.822. The van der Waals surface area contributed by atoms with Crippen molar-refractivity contribution in [1.82, 2.24) is 0 Å². The summed E-state index contributed by atoms with van der Waals surface area (Å²) in [5.41, 5.74) is 6.73. The van der Waals surface area contributed by atoms with E-state index in [1.165, 1.54) is 0 Å². The zero-order valence-corrected chi connectivity index (χ0v) is 10.8. The summed E-state index contributed by atoms with van der Waals surface area (Å²) in [4.78, 5) is 0. The molecule has 1 aromatic rings. The third kappa shape index (κ3) is 3.01. The van der Waals surface area contributed by atoms with E-state index in [2.05, 4.69) is 6.92 Å². The van der Waals surface area contributed by atoms with Crippen LogP contribution in [-0.4, -0.2) is 12.4 Å².